The molecule has 1 aromatic heterocycles. The lowest BCUT2D eigenvalue weighted by atomic mass is 10.2. The zero-order valence-electron chi connectivity index (χ0n) is 10.3. The van der Waals surface area contributed by atoms with Gasteiger partial charge in [-0.3, -0.25) is 4.79 Å². The average molecular weight is 260 g/mol. The fourth-order valence-corrected chi connectivity index (χ4v) is 1.63. The number of aromatic nitrogens is 1. The molecule has 0 spiro atoms. The molecule has 2 aromatic rings. The summed E-state index contributed by atoms with van der Waals surface area (Å²) in [7, 11) is 0. The lowest BCUT2D eigenvalue weighted by Gasteiger charge is -2.08. The molecule has 0 radical (unpaired) electrons. The Balaban J connectivity index is 2.25. The van der Waals surface area contributed by atoms with Gasteiger partial charge in [-0.15, -0.1) is 0 Å². The van der Waals surface area contributed by atoms with Crippen LogP contribution in [0.4, 0.5) is 15.9 Å². The van der Waals surface area contributed by atoms with Gasteiger partial charge in [-0.1, -0.05) is 12.1 Å². The van der Waals surface area contributed by atoms with Gasteiger partial charge in [0.2, 0.25) is 0 Å². The van der Waals surface area contributed by atoms with E-state index in [1.54, 1.807) is 25.1 Å². The van der Waals surface area contributed by atoms with Crippen molar-refractivity contribution in [2.45, 2.75) is 6.92 Å². The summed E-state index contributed by atoms with van der Waals surface area (Å²) < 4.78 is 13.4. The summed E-state index contributed by atoms with van der Waals surface area (Å²) in [5, 5.41) is 2.49. The maximum Gasteiger partial charge on any atom is 0.255 e. The number of carbonyl (C=O) groups excluding carboxylic acids is 1. The van der Waals surface area contributed by atoms with Gasteiger partial charge >= 0.3 is 0 Å². The van der Waals surface area contributed by atoms with Crippen LogP contribution in [0.1, 0.15) is 16.1 Å². The normalized spacial score (nSPS) is 10.1. The Morgan fingerprint density at radius 1 is 1.32 bits per heavy atom. The fraction of sp³-hybridized carbons (Fsp3) is 0.0769. The van der Waals surface area contributed by atoms with Gasteiger partial charge in [-0.25, -0.2) is 15.2 Å². The molecule has 0 aliphatic heterocycles. The first kappa shape index (κ1) is 13.0. The molecule has 5 nitrogen and oxygen atoms in total. The van der Waals surface area contributed by atoms with Crippen molar-refractivity contribution in [1.82, 2.24) is 4.98 Å². The number of aryl methyl sites for hydroxylation is 1. The second-order valence-electron chi connectivity index (χ2n) is 3.96. The summed E-state index contributed by atoms with van der Waals surface area (Å²) in [5.74, 6) is 4.72. The summed E-state index contributed by atoms with van der Waals surface area (Å²) >= 11 is 0. The smallest absolute Gasteiger partial charge is 0.255 e. The molecule has 0 aliphatic carbocycles. The van der Waals surface area contributed by atoms with Crippen molar-refractivity contribution in [1.29, 1.82) is 0 Å². The van der Waals surface area contributed by atoms with Crippen molar-refractivity contribution in [3.05, 3.63) is 53.5 Å². The molecule has 0 saturated heterocycles. The molecule has 2 rings (SSSR count). The topological polar surface area (TPSA) is 80.0 Å². The van der Waals surface area contributed by atoms with Crippen LogP contribution in [-0.4, -0.2) is 10.9 Å². The predicted octanol–water partition coefficient (Wildman–Crippen LogP) is 2.07. The number of nitrogens with zero attached hydrogens (tertiary/aromatic N) is 1. The first-order valence-electron chi connectivity index (χ1n) is 5.61. The van der Waals surface area contributed by atoms with E-state index in [2.05, 4.69) is 15.7 Å². The number of anilines is 2. The highest BCUT2D eigenvalue weighted by atomic mass is 19.1. The number of hydrogen-bond donors (Lipinski definition) is 3. The molecule has 0 saturated carbocycles. The zero-order chi connectivity index (χ0) is 13.8. The van der Waals surface area contributed by atoms with Crippen LogP contribution >= 0.6 is 0 Å². The van der Waals surface area contributed by atoms with E-state index in [0.29, 0.717) is 17.1 Å². The molecular formula is C13H13FN4O. The number of nitrogens with one attached hydrogen (secondary N) is 2. The second-order valence-corrected chi connectivity index (χ2v) is 3.96. The van der Waals surface area contributed by atoms with Gasteiger partial charge < -0.3 is 10.7 Å². The number of para-hydroxylation sites is 1. The Labute approximate surface area is 109 Å². The van der Waals surface area contributed by atoms with Gasteiger partial charge in [-0.05, 0) is 31.2 Å². The number of pyridine rings is 1. The second kappa shape index (κ2) is 5.45. The van der Waals surface area contributed by atoms with Crippen molar-refractivity contribution in [3.8, 4) is 0 Å². The van der Waals surface area contributed by atoms with Crippen molar-refractivity contribution >= 4 is 17.4 Å². The van der Waals surface area contributed by atoms with Crippen molar-refractivity contribution in [2.24, 2.45) is 5.84 Å². The number of halogens is 1. The van der Waals surface area contributed by atoms with E-state index in [4.69, 9.17) is 5.84 Å². The first-order valence-corrected chi connectivity index (χ1v) is 5.61. The third kappa shape index (κ3) is 3.05. The largest absolute Gasteiger partial charge is 0.319 e. The van der Waals surface area contributed by atoms with E-state index >= 15 is 0 Å². The van der Waals surface area contributed by atoms with Crippen LogP contribution in [0, 0.1) is 12.7 Å². The minimum Gasteiger partial charge on any atom is -0.319 e. The molecule has 6 heteroatoms. The van der Waals surface area contributed by atoms with Gasteiger partial charge in [-0.2, -0.15) is 0 Å². The number of rotatable bonds is 3. The average Bonchev–Trinajstić information content (AvgIpc) is 2.40. The lowest BCUT2D eigenvalue weighted by molar-refractivity contribution is 0.102. The summed E-state index contributed by atoms with van der Waals surface area (Å²) in [6.45, 7) is 1.74. The zero-order valence-corrected chi connectivity index (χ0v) is 10.3. The van der Waals surface area contributed by atoms with Crippen LogP contribution in [-0.2, 0) is 0 Å². The molecule has 4 N–H and O–H groups in total. The van der Waals surface area contributed by atoms with Crippen LogP contribution in [0.3, 0.4) is 0 Å². The van der Waals surface area contributed by atoms with Crippen LogP contribution in [0.15, 0.2) is 36.4 Å². The Hall–Kier alpha value is -2.47. The fourth-order valence-electron chi connectivity index (χ4n) is 1.63. The Morgan fingerprint density at radius 2 is 2.05 bits per heavy atom. The molecule has 1 aromatic carbocycles. The first-order chi connectivity index (χ1) is 9.10. The molecule has 0 unspecified atom stereocenters. The minimum absolute atomic E-state index is 0.129. The molecule has 98 valence electrons. The lowest BCUT2D eigenvalue weighted by Crippen LogP contribution is -2.15. The maximum atomic E-state index is 13.4. The highest BCUT2D eigenvalue weighted by Crippen LogP contribution is 2.15. The van der Waals surface area contributed by atoms with Gasteiger partial charge in [0, 0.05) is 11.3 Å². The highest BCUT2D eigenvalue weighted by molar-refractivity contribution is 6.04. The highest BCUT2D eigenvalue weighted by Gasteiger charge is 2.10. The third-order valence-corrected chi connectivity index (χ3v) is 2.49. The molecule has 0 bridgehead atoms. The number of amides is 1. The molecule has 0 atom stereocenters. The summed E-state index contributed by atoms with van der Waals surface area (Å²) in [6.07, 6.45) is 0. The summed E-state index contributed by atoms with van der Waals surface area (Å²) in [6, 6.07) is 9.05. The number of hydrazine groups is 1. The Kier molecular flexibility index (Phi) is 3.72. The van der Waals surface area contributed by atoms with Crippen molar-refractivity contribution in [3.63, 3.8) is 0 Å². The quantitative estimate of drug-likeness (QED) is 0.583. The van der Waals surface area contributed by atoms with E-state index in [1.807, 2.05) is 0 Å². The van der Waals surface area contributed by atoms with E-state index in [1.165, 1.54) is 18.2 Å². The van der Waals surface area contributed by atoms with E-state index in [9.17, 15) is 9.18 Å². The van der Waals surface area contributed by atoms with Crippen LogP contribution in [0.5, 0.6) is 0 Å². The van der Waals surface area contributed by atoms with E-state index in [-0.39, 0.29) is 5.69 Å². The SMILES string of the molecule is Cc1cc(C(=O)Nc2ccccc2F)cc(NN)n1. The number of nitrogen functional groups attached to an aromatic ring is 1. The molecule has 1 heterocycles. The van der Waals surface area contributed by atoms with Crippen molar-refractivity contribution in [2.75, 3.05) is 10.7 Å². The Morgan fingerprint density at radius 3 is 2.74 bits per heavy atom. The number of carbonyl (C=O) groups is 1. The standard InChI is InChI=1S/C13H13FN4O/c1-8-6-9(7-12(16-8)18-15)13(19)17-11-5-3-2-4-10(11)14/h2-7H,15H2,1H3,(H,16,18)(H,17,19). The van der Waals surface area contributed by atoms with Gasteiger partial charge in [0.15, 0.2) is 0 Å². The number of benzene rings is 1. The minimum atomic E-state index is -0.487. The van der Waals surface area contributed by atoms with Gasteiger partial charge in [0.05, 0.1) is 5.69 Å². The molecule has 1 amide bonds. The molecule has 19 heavy (non-hydrogen) atoms. The van der Waals surface area contributed by atoms with Crippen molar-refractivity contribution < 1.29 is 9.18 Å². The summed E-state index contributed by atoms with van der Waals surface area (Å²) in [5.41, 5.74) is 3.49. The van der Waals surface area contributed by atoms with E-state index in [0.717, 1.165) is 0 Å². The van der Waals surface area contributed by atoms with Gasteiger partial charge in [0.1, 0.15) is 11.6 Å². The van der Waals surface area contributed by atoms with E-state index < -0.39 is 11.7 Å². The number of nitrogens with two attached hydrogens (primary N) is 1. The third-order valence-electron chi connectivity index (χ3n) is 2.49. The summed E-state index contributed by atoms with van der Waals surface area (Å²) in [4.78, 5) is 16.1. The maximum absolute atomic E-state index is 13.4. The van der Waals surface area contributed by atoms with Crippen LogP contribution in [0.2, 0.25) is 0 Å². The van der Waals surface area contributed by atoms with Crippen LogP contribution < -0.4 is 16.6 Å². The Bertz CT molecular complexity index is 615. The molecular weight excluding hydrogens is 247 g/mol. The van der Waals surface area contributed by atoms with Gasteiger partial charge in [0.25, 0.3) is 5.91 Å². The molecule has 0 aliphatic rings. The predicted molar refractivity (Wildman–Crippen MR) is 71.1 cm³/mol. The van der Waals surface area contributed by atoms with Crippen LogP contribution in [0.25, 0.3) is 0 Å². The monoisotopic (exact) mass is 260 g/mol. The molecule has 0 fully saturated rings. The number of hydrogen-bond acceptors (Lipinski definition) is 4.